The van der Waals surface area contributed by atoms with Gasteiger partial charge in [-0.25, -0.2) is 0 Å². The number of hydrogen-bond donors (Lipinski definition) is 0. The molecule has 0 N–H and O–H groups in total. The first-order chi connectivity index (χ1) is 6.84. The Bertz CT molecular complexity index is 166. The molecule has 15 heavy (non-hydrogen) atoms. The predicted molar refractivity (Wildman–Crippen MR) is 68.2 cm³/mol. The van der Waals surface area contributed by atoms with Crippen LogP contribution in [0.2, 0.25) is 0 Å². The third kappa shape index (κ3) is 5.93. The van der Waals surface area contributed by atoms with Gasteiger partial charge in [-0.2, -0.15) is 0 Å². The van der Waals surface area contributed by atoms with Gasteiger partial charge >= 0.3 is 0 Å². The minimum Gasteiger partial charge on any atom is -0.298 e. The molecule has 2 heteroatoms. The Morgan fingerprint density at radius 3 is 1.53 bits per heavy atom. The van der Waals surface area contributed by atoms with Gasteiger partial charge in [0.25, 0.3) is 0 Å². The summed E-state index contributed by atoms with van der Waals surface area (Å²) < 4.78 is 0. The molecule has 0 aromatic rings. The van der Waals surface area contributed by atoms with E-state index in [1.54, 1.807) is 6.92 Å². The summed E-state index contributed by atoms with van der Waals surface area (Å²) in [7, 11) is 0. The largest absolute Gasteiger partial charge is 0.298 e. The molecule has 0 radical (unpaired) electrons. The normalized spacial score (nSPS) is 13.1. The average Bonchev–Trinajstić information content (AvgIpc) is 2.14. The highest BCUT2D eigenvalue weighted by Crippen LogP contribution is 2.24. The molecule has 2 nitrogen and oxygen atoms in total. The number of Topliss-reactive ketones (excluding diaryl/α,β-unsaturated/α-hetero) is 1. The summed E-state index contributed by atoms with van der Waals surface area (Å²) in [5, 5.41) is 0. The van der Waals surface area contributed by atoms with E-state index in [-0.39, 0.29) is 17.2 Å². The second-order valence-corrected chi connectivity index (χ2v) is 4.60. The molecule has 0 aliphatic heterocycles. The quantitative estimate of drug-likeness (QED) is 0.716. The van der Waals surface area contributed by atoms with E-state index in [1.807, 2.05) is 13.8 Å². The molecule has 0 aromatic carbocycles. The van der Waals surface area contributed by atoms with E-state index in [0.717, 1.165) is 13.1 Å². The summed E-state index contributed by atoms with van der Waals surface area (Å²) in [4.78, 5) is 13.7. The Hall–Kier alpha value is -0.370. The Morgan fingerprint density at radius 1 is 1.13 bits per heavy atom. The second kappa shape index (κ2) is 7.86. The maximum atomic E-state index is 11.5. The third-order valence-electron chi connectivity index (χ3n) is 2.38. The standard InChI is InChI=1S/C11H23NO.C2H6/c1-7-12(8-2)10(9(3)13)11(4,5)6;1-2/h10H,7-8H2,1-6H3;1-2H3. The van der Waals surface area contributed by atoms with E-state index in [4.69, 9.17) is 0 Å². The first-order valence-electron chi connectivity index (χ1n) is 6.09. The lowest BCUT2D eigenvalue weighted by molar-refractivity contribution is -0.125. The molecule has 0 fully saturated rings. The highest BCUT2D eigenvalue weighted by molar-refractivity contribution is 5.82. The summed E-state index contributed by atoms with van der Waals surface area (Å²) >= 11 is 0. The van der Waals surface area contributed by atoms with Crippen LogP contribution in [0.15, 0.2) is 0 Å². The zero-order valence-corrected chi connectivity index (χ0v) is 11.8. The molecule has 0 rings (SSSR count). The summed E-state index contributed by atoms with van der Waals surface area (Å²) in [6.45, 7) is 18.1. The number of hydrogen-bond acceptors (Lipinski definition) is 2. The summed E-state index contributed by atoms with van der Waals surface area (Å²) in [5.41, 5.74) is 0.0395. The van der Waals surface area contributed by atoms with E-state index in [9.17, 15) is 4.79 Å². The molecule has 0 aromatic heterocycles. The monoisotopic (exact) mass is 215 g/mol. The lowest BCUT2D eigenvalue weighted by atomic mass is 9.83. The van der Waals surface area contributed by atoms with E-state index >= 15 is 0 Å². The van der Waals surface area contributed by atoms with Crippen molar-refractivity contribution in [2.24, 2.45) is 5.41 Å². The van der Waals surface area contributed by atoms with Gasteiger partial charge in [-0.3, -0.25) is 9.69 Å². The molecule has 0 spiro atoms. The molecule has 0 heterocycles. The summed E-state index contributed by atoms with van der Waals surface area (Å²) in [6.07, 6.45) is 0. The third-order valence-corrected chi connectivity index (χ3v) is 2.38. The van der Waals surface area contributed by atoms with Crippen LogP contribution in [-0.4, -0.2) is 29.8 Å². The van der Waals surface area contributed by atoms with Gasteiger partial charge < -0.3 is 0 Å². The molecular weight excluding hydrogens is 186 g/mol. The van der Waals surface area contributed by atoms with Crippen molar-refractivity contribution in [2.75, 3.05) is 13.1 Å². The highest BCUT2D eigenvalue weighted by atomic mass is 16.1. The fourth-order valence-corrected chi connectivity index (χ4v) is 2.00. The van der Waals surface area contributed by atoms with Crippen LogP contribution < -0.4 is 0 Å². The van der Waals surface area contributed by atoms with E-state index in [1.165, 1.54) is 0 Å². The Labute approximate surface area is 96.0 Å². The number of likely N-dealkylation sites (N-methyl/N-ethyl adjacent to an activating group) is 1. The molecule has 0 saturated heterocycles. The van der Waals surface area contributed by atoms with Crippen LogP contribution in [0.3, 0.4) is 0 Å². The Morgan fingerprint density at radius 2 is 1.47 bits per heavy atom. The van der Waals surface area contributed by atoms with Crippen molar-refractivity contribution in [2.45, 2.75) is 61.4 Å². The SMILES string of the molecule is CC.CCN(CC)C(C(C)=O)C(C)(C)C. The highest BCUT2D eigenvalue weighted by Gasteiger charge is 2.32. The first kappa shape index (κ1) is 17.0. The van der Waals surface area contributed by atoms with Gasteiger partial charge in [0.15, 0.2) is 0 Å². The van der Waals surface area contributed by atoms with E-state index in [2.05, 4.69) is 39.5 Å². The van der Waals surface area contributed by atoms with Crippen LogP contribution in [0.4, 0.5) is 0 Å². The van der Waals surface area contributed by atoms with Crippen LogP contribution in [-0.2, 0) is 4.79 Å². The molecule has 1 atom stereocenters. The lowest BCUT2D eigenvalue weighted by Gasteiger charge is -2.37. The minimum atomic E-state index is 0.0395. The van der Waals surface area contributed by atoms with Crippen molar-refractivity contribution in [3.63, 3.8) is 0 Å². The molecule has 0 amide bonds. The molecule has 1 unspecified atom stereocenters. The van der Waals surface area contributed by atoms with Gasteiger partial charge in [-0.15, -0.1) is 0 Å². The van der Waals surface area contributed by atoms with Crippen molar-refractivity contribution < 1.29 is 4.79 Å². The van der Waals surface area contributed by atoms with Crippen LogP contribution in [0.1, 0.15) is 55.4 Å². The van der Waals surface area contributed by atoms with Gasteiger partial charge in [-0.05, 0) is 25.4 Å². The second-order valence-electron chi connectivity index (χ2n) is 4.60. The topological polar surface area (TPSA) is 20.3 Å². The van der Waals surface area contributed by atoms with Gasteiger partial charge in [0.1, 0.15) is 5.78 Å². The maximum absolute atomic E-state index is 11.5. The fourth-order valence-electron chi connectivity index (χ4n) is 2.00. The number of ketones is 1. The number of rotatable bonds is 4. The van der Waals surface area contributed by atoms with Gasteiger partial charge in [0.05, 0.1) is 6.04 Å². The maximum Gasteiger partial charge on any atom is 0.147 e. The summed E-state index contributed by atoms with van der Waals surface area (Å²) in [6, 6.07) is 0.0579. The zero-order chi connectivity index (χ0) is 12.6. The number of nitrogens with zero attached hydrogens (tertiary/aromatic N) is 1. The molecule has 0 aliphatic carbocycles. The predicted octanol–water partition coefficient (Wildman–Crippen LogP) is 3.36. The molecule has 0 saturated carbocycles. The smallest absolute Gasteiger partial charge is 0.147 e. The van der Waals surface area contributed by atoms with Crippen molar-refractivity contribution in [3.05, 3.63) is 0 Å². The lowest BCUT2D eigenvalue weighted by Crippen LogP contribution is -2.48. The van der Waals surface area contributed by atoms with E-state index in [0.29, 0.717) is 0 Å². The van der Waals surface area contributed by atoms with Gasteiger partial charge in [0, 0.05) is 0 Å². The number of carbonyl (C=O) groups excluding carboxylic acids is 1. The van der Waals surface area contributed by atoms with Crippen molar-refractivity contribution >= 4 is 5.78 Å². The van der Waals surface area contributed by atoms with Crippen LogP contribution in [0.25, 0.3) is 0 Å². The first-order valence-corrected chi connectivity index (χ1v) is 6.09. The minimum absolute atomic E-state index is 0.0395. The van der Waals surface area contributed by atoms with Crippen molar-refractivity contribution in [1.29, 1.82) is 0 Å². The van der Waals surface area contributed by atoms with Crippen LogP contribution >= 0.6 is 0 Å². The zero-order valence-electron chi connectivity index (χ0n) is 11.8. The van der Waals surface area contributed by atoms with Gasteiger partial charge in [0.2, 0.25) is 0 Å². The average molecular weight is 215 g/mol. The van der Waals surface area contributed by atoms with Crippen molar-refractivity contribution in [1.82, 2.24) is 4.90 Å². The molecule has 0 bridgehead atoms. The van der Waals surface area contributed by atoms with Gasteiger partial charge in [-0.1, -0.05) is 48.5 Å². The van der Waals surface area contributed by atoms with Crippen molar-refractivity contribution in [3.8, 4) is 0 Å². The fraction of sp³-hybridized carbons (Fsp3) is 0.923. The van der Waals surface area contributed by atoms with Crippen LogP contribution in [0.5, 0.6) is 0 Å². The molecular formula is C13H29NO. The Balaban J connectivity index is 0. The summed E-state index contributed by atoms with van der Waals surface area (Å²) in [5.74, 6) is 0.274. The Kier molecular flexibility index (Phi) is 8.93. The van der Waals surface area contributed by atoms with Crippen LogP contribution in [0, 0.1) is 5.41 Å². The molecule has 92 valence electrons. The number of carbonyl (C=O) groups is 1. The van der Waals surface area contributed by atoms with E-state index < -0.39 is 0 Å². The molecule has 0 aliphatic rings.